The number of amides is 5. The maximum atomic E-state index is 15.2. The third-order valence-electron chi connectivity index (χ3n) is 13.5. The Balaban J connectivity index is 0.741. The fraction of sp³-hybridized carbons (Fsp3) is 0.358. The van der Waals surface area contributed by atoms with Gasteiger partial charge in [0.2, 0.25) is 5.91 Å². The number of halogens is 2. The smallest absolute Gasteiger partial charge is 0.328 e. The summed E-state index contributed by atoms with van der Waals surface area (Å²) in [6.45, 7) is 9.24. The fourth-order valence-electron chi connectivity index (χ4n) is 9.38. The standard InChI is InChI=1S/C53H56F2N8O8/c1-31-40(27-35(54)28-43(31)59-50(65)39-11-8-34(26-42(39)55)53(2,3)68)48-41-29-44(58-49(41)57-30-56-48)32-5-9-37(10-6-32)71-38-13-18-61(19-14-38)23-24-70-36-15-20-62(21-16-36)51(66)33-7-12-46(69-4)45(25-33)63-22-17-47(64)60-52(63)67/h5-12,25-30,36,38,68H,13-24H2,1-4H3,(H,59,65)(H,56,57,58)(H,60,64,67). The number of methoxy groups -OCH3 is 1. The Hall–Kier alpha value is -7.28. The van der Waals surface area contributed by atoms with E-state index >= 15 is 8.78 Å². The van der Waals surface area contributed by atoms with Crippen molar-refractivity contribution < 1.29 is 47.3 Å². The van der Waals surface area contributed by atoms with Gasteiger partial charge in [-0.15, -0.1) is 0 Å². The van der Waals surface area contributed by atoms with Crippen molar-refractivity contribution in [3.63, 3.8) is 0 Å². The molecule has 5 heterocycles. The van der Waals surface area contributed by atoms with E-state index in [1.54, 1.807) is 25.1 Å². The van der Waals surface area contributed by atoms with E-state index in [0.717, 1.165) is 68.4 Å². The number of anilines is 2. The number of piperidine rings is 2. The quantitative estimate of drug-likeness (QED) is 0.0828. The number of rotatable bonds is 14. The molecule has 9 rings (SSSR count). The molecule has 71 heavy (non-hydrogen) atoms. The van der Waals surface area contributed by atoms with Crippen LogP contribution in [0.3, 0.4) is 0 Å². The second-order valence-electron chi connectivity index (χ2n) is 18.7. The third kappa shape index (κ3) is 10.9. The molecular formula is C53H56F2N8O8. The molecule has 4 N–H and O–H groups in total. The lowest BCUT2D eigenvalue weighted by Crippen LogP contribution is -2.49. The topological polar surface area (TPSA) is 192 Å². The van der Waals surface area contributed by atoms with Crippen LogP contribution >= 0.6 is 0 Å². The van der Waals surface area contributed by atoms with Crippen LogP contribution in [0.25, 0.3) is 33.5 Å². The van der Waals surface area contributed by atoms with E-state index in [-0.39, 0.29) is 48.2 Å². The van der Waals surface area contributed by atoms with Crippen molar-refractivity contribution in [2.45, 2.75) is 70.7 Å². The molecule has 3 fully saturated rings. The number of aliphatic hydroxyl groups is 1. The van der Waals surface area contributed by atoms with Crippen LogP contribution in [0, 0.1) is 18.6 Å². The summed E-state index contributed by atoms with van der Waals surface area (Å²) in [5.41, 5.74) is 3.41. The van der Waals surface area contributed by atoms with Gasteiger partial charge in [0, 0.05) is 73.6 Å². The predicted molar refractivity (Wildman–Crippen MR) is 263 cm³/mol. The molecule has 3 aliphatic rings. The highest BCUT2D eigenvalue weighted by molar-refractivity contribution is 6.07. The van der Waals surface area contributed by atoms with Crippen LogP contribution in [-0.2, 0) is 15.1 Å². The van der Waals surface area contributed by atoms with Crippen LogP contribution in [0.1, 0.15) is 77.8 Å². The number of aromatic nitrogens is 3. The molecule has 2 aromatic heterocycles. The summed E-state index contributed by atoms with van der Waals surface area (Å²) in [5, 5.41) is 15.9. The normalized spacial score (nSPS) is 16.3. The number of benzene rings is 4. The minimum Gasteiger partial charge on any atom is -0.495 e. The number of likely N-dealkylation sites (tertiary alicyclic amines) is 2. The highest BCUT2D eigenvalue weighted by Gasteiger charge is 2.30. The molecule has 18 heteroatoms. The molecular weight excluding hydrogens is 915 g/mol. The van der Waals surface area contributed by atoms with Gasteiger partial charge in [-0.25, -0.2) is 23.5 Å². The van der Waals surface area contributed by atoms with Gasteiger partial charge in [0.05, 0.1) is 42.4 Å². The molecule has 0 atom stereocenters. The van der Waals surface area contributed by atoms with Crippen molar-refractivity contribution >= 4 is 46.2 Å². The van der Waals surface area contributed by atoms with Gasteiger partial charge in [-0.05, 0) is 136 Å². The summed E-state index contributed by atoms with van der Waals surface area (Å²) in [6.07, 6.45) is 4.87. The largest absolute Gasteiger partial charge is 0.495 e. The van der Waals surface area contributed by atoms with Crippen LogP contribution in [-0.4, -0.2) is 119 Å². The lowest BCUT2D eigenvalue weighted by atomic mass is 9.96. The summed E-state index contributed by atoms with van der Waals surface area (Å²) in [6, 6.07) is 20.6. The second kappa shape index (κ2) is 20.6. The van der Waals surface area contributed by atoms with E-state index in [1.165, 1.54) is 56.4 Å². The first kappa shape index (κ1) is 48.7. The van der Waals surface area contributed by atoms with Crippen molar-refractivity contribution in [2.75, 3.05) is 63.2 Å². The maximum absolute atomic E-state index is 15.2. The Morgan fingerprint density at radius 3 is 2.34 bits per heavy atom. The number of nitrogens with one attached hydrogen (secondary N) is 3. The zero-order valence-corrected chi connectivity index (χ0v) is 40.0. The number of carbonyl (C=O) groups excluding carboxylic acids is 4. The maximum Gasteiger partial charge on any atom is 0.328 e. The Bertz CT molecular complexity index is 2980. The van der Waals surface area contributed by atoms with E-state index in [4.69, 9.17) is 14.2 Å². The molecule has 0 bridgehead atoms. The zero-order chi connectivity index (χ0) is 50.0. The van der Waals surface area contributed by atoms with Crippen LogP contribution < -0.4 is 25.0 Å². The number of H-pyrrole nitrogens is 1. The lowest BCUT2D eigenvalue weighted by Gasteiger charge is -2.34. The van der Waals surface area contributed by atoms with Gasteiger partial charge < -0.3 is 39.4 Å². The lowest BCUT2D eigenvalue weighted by molar-refractivity contribution is -0.120. The number of urea groups is 1. The number of aromatic amines is 1. The minimum atomic E-state index is -1.30. The van der Waals surface area contributed by atoms with Gasteiger partial charge in [0.25, 0.3) is 11.8 Å². The van der Waals surface area contributed by atoms with E-state index in [2.05, 4.69) is 30.5 Å². The zero-order valence-electron chi connectivity index (χ0n) is 40.0. The minimum absolute atomic E-state index is 0.0570. The molecule has 6 aromatic rings. The first-order valence-corrected chi connectivity index (χ1v) is 23.8. The van der Waals surface area contributed by atoms with Crippen molar-refractivity contribution in [3.05, 3.63) is 119 Å². The molecule has 0 spiro atoms. The molecule has 370 valence electrons. The van der Waals surface area contributed by atoms with E-state index in [9.17, 15) is 24.3 Å². The Labute approximate surface area is 409 Å². The summed E-state index contributed by atoms with van der Waals surface area (Å²) in [7, 11) is 1.50. The average molecular weight is 971 g/mol. The third-order valence-corrected chi connectivity index (χ3v) is 13.5. The molecule has 4 aromatic carbocycles. The molecule has 0 radical (unpaired) electrons. The molecule has 0 aliphatic carbocycles. The van der Waals surface area contributed by atoms with Crippen LogP contribution in [0.15, 0.2) is 85.2 Å². The van der Waals surface area contributed by atoms with Crippen molar-refractivity contribution in [1.29, 1.82) is 0 Å². The molecule has 3 aliphatic heterocycles. The van der Waals surface area contributed by atoms with Crippen LogP contribution in [0.2, 0.25) is 0 Å². The van der Waals surface area contributed by atoms with Crippen LogP contribution in [0.5, 0.6) is 11.5 Å². The molecule has 16 nitrogen and oxygen atoms in total. The summed E-state index contributed by atoms with van der Waals surface area (Å²) in [5.74, 6) is -1.46. The Morgan fingerprint density at radius 1 is 0.887 bits per heavy atom. The van der Waals surface area contributed by atoms with Gasteiger partial charge in [-0.2, -0.15) is 0 Å². The van der Waals surface area contributed by atoms with Crippen LogP contribution in [0.4, 0.5) is 25.0 Å². The molecule has 0 saturated carbocycles. The highest BCUT2D eigenvalue weighted by Crippen LogP contribution is 2.36. The van der Waals surface area contributed by atoms with Crippen molar-refractivity contribution in [2.24, 2.45) is 0 Å². The van der Waals surface area contributed by atoms with Gasteiger partial charge in [0.15, 0.2) is 0 Å². The first-order chi connectivity index (χ1) is 34.1. The summed E-state index contributed by atoms with van der Waals surface area (Å²) >= 11 is 0. The fourth-order valence-corrected chi connectivity index (χ4v) is 9.38. The number of hydrogen-bond acceptors (Lipinski definition) is 11. The number of imide groups is 1. The Kier molecular flexibility index (Phi) is 14.1. The van der Waals surface area contributed by atoms with Gasteiger partial charge in [-0.3, -0.25) is 24.6 Å². The van der Waals surface area contributed by atoms with Gasteiger partial charge in [-0.1, -0.05) is 6.07 Å². The number of hydrogen-bond donors (Lipinski definition) is 4. The second-order valence-corrected chi connectivity index (χ2v) is 18.7. The summed E-state index contributed by atoms with van der Waals surface area (Å²) < 4.78 is 48.4. The van der Waals surface area contributed by atoms with E-state index in [0.29, 0.717) is 70.1 Å². The number of ether oxygens (including phenoxy) is 3. The van der Waals surface area contributed by atoms with E-state index in [1.807, 2.05) is 35.2 Å². The SMILES string of the molecule is COc1ccc(C(=O)N2CCC(OCCN3CCC(Oc4ccc(-c5cc6c(-c7cc(F)cc(NC(=O)c8ccc(C(C)(C)O)cc8F)c7C)ncnc6[nH]5)cc4)CC3)CC2)cc1N1CCC(=O)NC1=O. The monoisotopic (exact) mass is 970 g/mol. The van der Waals surface area contributed by atoms with Crippen molar-refractivity contribution in [1.82, 2.24) is 30.1 Å². The van der Waals surface area contributed by atoms with Gasteiger partial charge in [0.1, 0.15) is 41.2 Å². The molecule has 3 saturated heterocycles. The Morgan fingerprint density at radius 2 is 1.63 bits per heavy atom. The average Bonchev–Trinajstić information content (AvgIpc) is 3.80. The molecule has 5 amide bonds. The molecule has 0 unspecified atom stereocenters. The number of carbonyl (C=O) groups is 4. The van der Waals surface area contributed by atoms with E-state index < -0.39 is 29.2 Å². The highest BCUT2D eigenvalue weighted by atomic mass is 19.1. The number of nitrogens with zero attached hydrogens (tertiary/aromatic N) is 5. The predicted octanol–water partition coefficient (Wildman–Crippen LogP) is 7.98. The van der Waals surface area contributed by atoms with Gasteiger partial charge >= 0.3 is 6.03 Å². The number of fused-ring (bicyclic) bond motifs is 1. The first-order valence-electron chi connectivity index (χ1n) is 23.8. The van der Waals surface area contributed by atoms with Crippen molar-refractivity contribution in [3.8, 4) is 34.0 Å². The summed E-state index contributed by atoms with van der Waals surface area (Å²) in [4.78, 5) is 68.9.